The number of halogens is 1. The average Bonchev–Trinajstić information content (AvgIpc) is 2.89. The molecule has 0 amide bonds. The van der Waals surface area contributed by atoms with Gasteiger partial charge in [-0.15, -0.1) is 0 Å². The Kier molecular flexibility index (Phi) is 3.91. The fourth-order valence-electron chi connectivity index (χ4n) is 1.98. The van der Waals surface area contributed by atoms with Gasteiger partial charge in [-0.25, -0.2) is 9.79 Å². The van der Waals surface area contributed by atoms with E-state index in [9.17, 15) is 14.9 Å². The molecule has 0 atom stereocenters. The predicted octanol–water partition coefficient (Wildman–Crippen LogP) is 3.59. The third kappa shape index (κ3) is 3.27. The van der Waals surface area contributed by atoms with Gasteiger partial charge < -0.3 is 4.74 Å². The number of benzene rings is 2. The van der Waals surface area contributed by atoms with Crippen molar-refractivity contribution in [2.24, 2.45) is 4.99 Å². The second-order valence-corrected chi connectivity index (χ2v) is 5.13. The van der Waals surface area contributed by atoms with Crippen LogP contribution in [0, 0.1) is 10.1 Å². The topological polar surface area (TPSA) is 81.8 Å². The summed E-state index contributed by atoms with van der Waals surface area (Å²) in [5.74, 6) is -0.381. The van der Waals surface area contributed by atoms with Crippen LogP contribution in [-0.4, -0.2) is 16.8 Å². The highest BCUT2D eigenvalue weighted by Crippen LogP contribution is 2.21. The van der Waals surface area contributed by atoms with Gasteiger partial charge in [0.05, 0.1) is 4.92 Å². The van der Waals surface area contributed by atoms with E-state index in [0.29, 0.717) is 16.1 Å². The number of cyclic esters (lactones) is 1. The first kappa shape index (κ1) is 14.9. The van der Waals surface area contributed by atoms with Gasteiger partial charge in [0.1, 0.15) is 0 Å². The first-order valence-corrected chi connectivity index (χ1v) is 6.94. The number of rotatable bonds is 3. The first-order valence-electron chi connectivity index (χ1n) is 6.56. The summed E-state index contributed by atoms with van der Waals surface area (Å²) in [5.41, 5.74) is 1.36. The molecule has 0 N–H and O–H groups in total. The molecule has 2 aromatic carbocycles. The monoisotopic (exact) mass is 328 g/mol. The van der Waals surface area contributed by atoms with Crippen LogP contribution < -0.4 is 0 Å². The van der Waals surface area contributed by atoms with E-state index >= 15 is 0 Å². The molecule has 0 saturated carbocycles. The zero-order chi connectivity index (χ0) is 16.4. The molecule has 0 radical (unpaired) electrons. The minimum atomic E-state index is -0.576. The third-order valence-corrected chi connectivity index (χ3v) is 3.37. The van der Waals surface area contributed by atoms with Gasteiger partial charge in [0.25, 0.3) is 5.69 Å². The minimum Gasteiger partial charge on any atom is -0.402 e. The van der Waals surface area contributed by atoms with Crippen molar-refractivity contribution < 1.29 is 14.5 Å². The van der Waals surface area contributed by atoms with Crippen molar-refractivity contribution in [2.45, 2.75) is 0 Å². The quantitative estimate of drug-likeness (QED) is 0.373. The molecule has 0 unspecified atom stereocenters. The molecule has 0 spiro atoms. The van der Waals surface area contributed by atoms with Crippen molar-refractivity contribution >= 4 is 35.2 Å². The van der Waals surface area contributed by atoms with Gasteiger partial charge in [0, 0.05) is 22.7 Å². The van der Waals surface area contributed by atoms with E-state index in [4.69, 9.17) is 16.3 Å². The van der Waals surface area contributed by atoms with Crippen molar-refractivity contribution in [2.75, 3.05) is 0 Å². The lowest BCUT2D eigenvalue weighted by Gasteiger charge is -1.98. The molecule has 0 bridgehead atoms. The SMILES string of the molecule is O=C1OC(c2ccc(Cl)cc2)=N/C1=C/c1ccc([N+](=O)[O-])cc1. The average molecular weight is 329 g/mol. The summed E-state index contributed by atoms with van der Waals surface area (Å²) in [7, 11) is 0. The number of carbonyl (C=O) groups excluding carboxylic acids is 1. The second-order valence-electron chi connectivity index (χ2n) is 4.69. The number of nitrogens with zero attached hydrogens (tertiary/aromatic N) is 2. The van der Waals surface area contributed by atoms with E-state index in [1.165, 1.54) is 30.3 Å². The fraction of sp³-hybridized carbons (Fsp3) is 0. The van der Waals surface area contributed by atoms with E-state index in [1.54, 1.807) is 24.3 Å². The number of carbonyl (C=O) groups is 1. The lowest BCUT2D eigenvalue weighted by Crippen LogP contribution is -2.05. The van der Waals surface area contributed by atoms with Crippen LogP contribution in [0.3, 0.4) is 0 Å². The van der Waals surface area contributed by atoms with Crippen molar-refractivity contribution in [1.82, 2.24) is 0 Å². The molecule has 0 aromatic heterocycles. The van der Waals surface area contributed by atoms with Crippen molar-refractivity contribution in [3.05, 3.63) is 80.5 Å². The third-order valence-electron chi connectivity index (χ3n) is 3.12. The summed E-state index contributed by atoms with van der Waals surface area (Å²) >= 11 is 5.81. The van der Waals surface area contributed by atoms with Gasteiger partial charge in [0.15, 0.2) is 5.70 Å². The summed E-state index contributed by atoms with van der Waals surface area (Å²) in [6.45, 7) is 0. The normalized spacial score (nSPS) is 15.4. The lowest BCUT2D eigenvalue weighted by atomic mass is 10.2. The minimum absolute atomic E-state index is 0.0218. The van der Waals surface area contributed by atoms with Crippen LogP contribution in [0.1, 0.15) is 11.1 Å². The maximum absolute atomic E-state index is 11.9. The Balaban J connectivity index is 1.88. The van der Waals surface area contributed by atoms with Crippen LogP contribution in [0.2, 0.25) is 5.02 Å². The predicted molar refractivity (Wildman–Crippen MR) is 85.2 cm³/mol. The molecular weight excluding hydrogens is 320 g/mol. The van der Waals surface area contributed by atoms with Crippen LogP contribution in [0.4, 0.5) is 5.69 Å². The molecule has 1 aliphatic rings. The Morgan fingerprint density at radius 2 is 1.74 bits per heavy atom. The Morgan fingerprint density at radius 3 is 2.35 bits per heavy atom. The van der Waals surface area contributed by atoms with E-state index in [-0.39, 0.29) is 17.3 Å². The summed E-state index contributed by atoms with van der Waals surface area (Å²) in [5, 5.41) is 11.2. The molecule has 2 aromatic rings. The first-order chi connectivity index (χ1) is 11.0. The Bertz CT molecular complexity index is 839. The summed E-state index contributed by atoms with van der Waals surface area (Å²) in [4.78, 5) is 26.1. The highest BCUT2D eigenvalue weighted by Gasteiger charge is 2.24. The molecule has 7 heteroatoms. The number of aliphatic imine (C=N–C) groups is 1. The largest absolute Gasteiger partial charge is 0.402 e. The molecule has 0 saturated heterocycles. The lowest BCUT2D eigenvalue weighted by molar-refractivity contribution is -0.384. The molecule has 1 aliphatic heterocycles. The maximum Gasteiger partial charge on any atom is 0.363 e. The highest BCUT2D eigenvalue weighted by atomic mass is 35.5. The van der Waals surface area contributed by atoms with Crippen LogP contribution in [0.5, 0.6) is 0 Å². The fourth-order valence-corrected chi connectivity index (χ4v) is 2.10. The van der Waals surface area contributed by atoms with Crippen molar-refractivity contribution in [3.63, 3.8) is 0 Å². The van der Waals surface area contributed by atoms with Gasteiger partial charge >= 0.3 is 5.97 Å². The molecule has 0 fully saturated rings. The number of esters is 1. The summed E-state index contributed by atoms with van der Waals surface area (Å²) in [6, 6.07) is 12.5. The summed E-state index contributed by atoms with van der Waals surface area (Å²) < 4.78 is 5.13. The second kappa shape index (κ2) is 6.02. The Hall–Kier alpha value is -2.99. The molecule has 0 aliphatic carbocycles. The van der Waals surface area contributed by atoms with Gasteiger partial charge in [-0.05, 0) is 48.0 Å². The molecular formula is C16H9ClN2O4. The van der Waals surface area contributed by atoms with Gasteiger partial charge in [0.2, 0.25) is 5.90 Å². The molecule has 1 heterocycles. The number of hydrogen-bond donors (Lipinski definition) is 0. The zero-order valence-corrected chi connectivity index (χ0v) is 12.4. The maximum atomic E-state index is 11.9. The zero-order valence-electron chi connectivity index (χ0n) is 11.6. The van der Waals surface area contributed by atoms with Crippen molar-refractivity contribution in [1.29, 1.82) is 0 Å². The molecule has 114 valence electrons. The van der Waals surface area contributed by atoms with Crippen LogP contribution >= 0.6 is 11.6 Å². The van der Waals surface area contributed by atoms with Gasteiger partial charge in [-0.2, -0.15) is 0 Å². The van der Waals surface area contributed by atoms with Gasteiger partial charge in [-0.1, -0.05) is 11.6 Å². The number of ether oxygens (including phenoxy) is 1. The number of nitro benzene ring substituents is 1. The number of hydrogen-bond acceptors (Lipinski definition) is 5. The van der Waals surface area contributed by atoms with Crippen LogP contribution in [-0.2, 0) is 9.53 Å². The van der Waals surface area contributed by atoms with Crippen molar-refractivity contribution in [3.8, 4) is 0 Å². The Labute approximate surface area is 135 Å². The smallest absolute Gasteiger partial charge is 0.363 e. The number of nitro groups is 1. The van der Waals surface area contributed by atoms with E-state index in [1.807, 2.05) is 0 Å². The molecule has 23 heavy (non-hydrogen) atoms. The standard InChI is InChI=1S/C16H9ClN2O4/c17-12-5-3-11(4-6-12)15-18-14(16(20)23-15)9-10-1-7-13(8-2-10)19(21)22/h1-9H/b14-9+. The summed E-state index contributed by atoms with van der Waals surface area (Å²) in [6.07, 6.45) is 1.51. The molecule has 3 rings (SSSR count). The van der Waals surface area contributed by atoms with E-state index < -0.39 is 10.9 Å². The van der Waals surface area contributed by atoms with E-state index in [2.05, 4.69) is 4.99 Å². The Morgan fingerprint density at radius 1 is 1.09 bits per heavy atom. The number of non-ortho nitro benzene ring substituents is 1. The molecule has 6 nitrogen and oxygen atoms in total. The van der Waals surface area contributed by atoms with Crippen LogP contribution in [0.15, 0.2) is 59.2 Å². The highest BCUT2D eigenvalue weighted by molar-refractivity contribution is 6.30. The van der Waals surface area contributed by atoms with Crippen LogP contribution in [0.25, 0.3) is 6.08 Å². The van der Waals surface area contributed by atoms with E-state index in [0.717, 1.165) is 0 Å². The van der Waals surface area contributed by atoms with Gasteiger partial charge in [-0.3, -0.25) is 10.1 Å².